The van der Waals surface area contributed by atoms with Crippen LogP contribution in [0.15, 0.2) is 40.9 Å². The van der Waals surface area contributed by atoms with Gasteiger partial charge in [0.05, 0.1) is 19.8 Å². The highest BCUT2D eigenvalue weighted by Crippen LogP contribution is 2.35. The number of ether oxygens (including phenoxy) is 2. The summed E-state index contributed by atoms with van der Waals surface area (Å²) in [5.74, 6) is 1.73. The summed E-state index contributed by atoms with van der Waals surface area (Å²) in [6.07, 6.45) is 0.910. The van der Waals surface area contributed by atoms with E-state index in [0.29, 0.717) is 6.42 Å². The van der Waals surface area contributed by atoms with Gasteiger partial charge in [0.15, 0.2) is 0 Å². The van der Waals surface area contributed by atoms with Gasteiger partial charge in [0.2, 0.25) is 0 Å². The van der Waals surface area contributed by atoms with Crippen LogP contribution in [-0.2, 0) is 12.8 Å². The molecule has 3 nitrogen and oxygen atoms in total. The molecule has 1 unspecified atom stereocenters. The molecule has 1 aliphatic rings. The first-order valence-electron chi connectivity index (χ1n) is 6.93. The molecular weight excluding hydrogens is 332 g/mol. The maximum Gasteiger partial charge on any atom is 0.125 e. The van der Waals surface area contributed by atoms with Gasteiger partial charge in [-0.3, -0.25) is 0 Å². The van der Waals surface area contributed by atoms with Crippen molar-refractivity contribution in [1.29, 1.82) is 0 Å². The molecule has 0 spiro atoms. The van der Waals surface area contributed by atoms with Crippen LogP contribution >= 0.6 is 15.9 Å². The molecule has 2 aromatic rings. The van der Waals surface area contributed by atoms with E-state index in [9.17, 15) is 5.11 Å². The molecule has 0 fully saturated rings. The summed E-state index contributed by atoms with van der Waals surface area (Å²) in [4.78, 5) is 0. The topological polar surface area (TPSA) is 38.7 Å². The van der Waals surface area contributed by atoms with Crippen LogP contribution in [0.1, 0.15) is 22.8 Å². The third-order valence-corrected chi connectivity index (χ3v) is 4.20. The Labute approximate surface area is 132 Å². The van der Waals surface area contributed by atoms with Gasteiger partial charge in [-0.15, -0.1) is 0 Å². The first-order chi connectivity index (χ1) is 10.2. The number of hydrogen-bond acceptors (Lipinski definition) is 3. The average Bonchev–Trinajstić information content (AvgIpc) is 2.95. The van der Waals surface area contributed by atoms with Gasteiger partial charge in [-0.1, -0.05) is 28.1 Å². The maximum absolute atomic E-state index is 10.4. The van der Waals surface area contributed by atoms with Crippen molar-refractivity contribution in [3.8, 4) is 11.5 Å². The summed E-state index contributed by atoms with van der Waals surface area (Å²) in [6, 6.07) is 11.6. The molecule has 2 aromatic carbocycles. The lowest BCUT2D eigenvalue weighted by Gasteiger charge is -2.14. The number of fused-ring (bicyclic) bond motifs is 1. The van der Waals surface area contributed by atoms with Crippen LogP contribution in [0.5, 0.6) is 11.5 Å². The Morgan fingerprint density at radius 1 is 1.29 bits per heavy atom. The van der Waals surface area contributed by atoms with E-state index in [4.69, 9.17) is 9.47 Å². The molecule has 110 valence electrons. The quantitative estimate of drug-likeness (QED) is 0.916. The number of aliphatic hydroxyl groups is 1. The summed E-state index contributed by atoms with van der Waals surface area (Å²) in [7, 11) is 1.63. The van der Waals surface area contributed by atoms with E-state index in [1.165, 1.54) is 5.56 Å². The molecule has 4 heteroatoms. The monoisotopic (exact) mass is 348 g/mol. The van der Waals surface area contributed by atoms with Crippen LogP contribution in [-0.4, -0.2) is 18.8 Å². The number of halogens is 1. The molecule has 1 aliphatic heterocycles. The molecule has 1 atom stereocenters. The molecule has 0 amide bonds. The Balaban J connectivity index is 1.82. The van der Waals surface area contributed by atoms with E-state index >= 15 is 0 Å². The van der Waals surface area contributed by atoms with Crippen molar-refractivity contribution in [2.24, 2.45) is 0 Å². The SMILES string of the molecule is COc1ccc(C(O)Cc2cc(Br)cc3c2OCC3)cc1. The second-order valence-electron chi connectivity index (χ2n) is 5.14. The second-order valence-corrected chi connectivity index (χ2v) is 6.06. The van der Waals surface area contributed by atoms with E-state index in [1.54, 1.807) is 7.11 Å². The van der Waals surface area contributed by atoms with Crippen molar-refractivity contribution in [1.82, 2.24) is 0 Å². The van der Waals surface area contributed by atoms with Crippen LogP contribution < -0.4 is 9.47 Å². The number of aliphatic hydroxyl groups excluding tert-OH is 1. The van der Waals surface area contributed by atoms with Crippen molar-refractivity contribution in [2.45, 2.75) is 18.9 Å². The fourth-order valence-electron chi connectivity index (χ4n) is 2.65. The number of benzene rings is 2. The highest BCUT2D eigenvalue weighted by molar-refractivity contribution is 9.10. The normalized spacial score (nSPS) is 14.4. The standard InChI is InChI=1S/C17H17BrO3/c1-20-15-4-2-11(3-5-15)16(19)10-13-9-14(18)8-12-6-7-21-17(12)13/h2-5,8-9,16,19H,6-7,10H2,1H3. The molecular formula is C17H17BrO3. The summed E-state index contributed by atoms with van der Waals surface area (Å²) < 4.78 is 11.9. The maximum atomic E-state index is 10.4. The lowest BCUT2D eigenvalue weighted by molar-refractivity contribution is 0.177. The van der Waals surface area contributed by atoms with Gasteiger partial charge in [-0.25, -0.2) is 0 Å². The minimum absolute atomic E-state index is 0.536. The van der Waals surface area contributed by atoms with E-state index in [-0.39, 0.29) is 0 Å². The second kappa shape index (κ2) is 6.08. The molecule has 0 saturated heterocycles. The third-order valence-electron chi connectivity index (χ3n) is 3.74. The van der Waals surface area contributed by atoms with Crippen LogP contribution in [0.25, 0.3) is 0 Å². The van der Waals surface area contributed by atoms with Gasteiger partial charge >= 0.3 is 0 Å². The molecule has 0 bridgehead atoms. The first-order valence-corrected chi connectivity index (χ1v) is 7.73. The van der Waals surface area contributed by atoms with Gasteiger partial charge in [0, 0.05) is 17.3 Å². The first kappa shape index (κ1) is 14.4. The van der Waals surface area contributed by atoms with Gasteiger partial charge in [-0.2, -0.15) is 0 Å². The predicted octanol–water partition coefficient (Wildman–Crippen LogP) is 3.67. The largest absolute Gasteiger partial charge is 0.497 e. The van der Waals surface area contributed by atoms with Gasteiger partial charge in [-0.05, 0) is 41.0 Å². The highest BCUT2D eigenvalue weighted by atomic mass is 79.9. The Morgan fingerprint density at radius 2 is 2.05 bits per heavy atom. The Bertz CT molecular complexity index is 637. The molecule has 0 aliphatic carbocycles. The number of hydrogen-bond donors (Lipinski definition) is 1. The van der Waals surface area contributed by atoms with E-state index in [2.05, 4.69) is 22.0 Å². The number of rotatable bonds is 4. The summed E-state index contributed by atoms with van der Waals surface area (Å²) in [5.41, 5.74) is 3.13. The zero-order valence-electron chi connectivity index (χ0n) is 11.8. The van der Waals surface area contributed by atoms with Crippen LogP contribution in [0.3, 0.4) is 0 Å². The van der Waals surface area contributed by atoms with Crippen LogP contribution in [0, 0.1) is 0 Å². The van der Waals surface area contributed by atoms with Gasteiger partial charge < -0.3 is 14.6 Å². The van der Waals surface area contributed by atoms with Crippen molar-refractivity contribution >= 4 is 15.9 Å². The minimum Gasteiger partial charge on any atom is -0.497 e. The van der Waals surface area contributed by atoms with Gasteiger partial charge in [0.1, 0.15) is 11.5 Å². The van der Waals surface area contributed by atoms with Crippen LogP contribution in [0.4, 0.5) is 0 Å². The lowest BCUT2D eigenvalue weighted by Crippen LogP contribution is -2.03. The summed E-state index contributed by atoms with van der Waals surface area (Å²) in [5, 5.41) is 10.4. The summed E-state index contributed by atoms with van der Waals surface area (Å²) >= 11 is 3.53. The smallest absolute Gasteiger partial charge is 0.125 e. The molecule has 21 heavy (non-hydrogen) atoms. The Kier molecular flexibility index (Phi) is 4.17. The molecule has 1 heterocycles. The number of methoxy groups -OCH3 is 1. The van der Waals surface area contributed by atoms with Crippen molar-refractivity contribution in [2.75, 3.05) is 13.7 Å². The van der Waals surface area contributed by atoms with Crippen molar-refractivity contribution in [3.05, 3.63) is 57.6 Å². The molecule has 1 N–H and O–H groups in total. The molecule has 0 aromatic heterocycles. The fraction of sp³-hybridized carbons (Fsp3) is 0.294. The van der Waals surface area contributed by atoms with E-state index in [1.807, 2.05) is 30.3 Å². The zero-order chi connectivity index (χ0) is 14.8. The fourth-order valence-corrected chi connectivity index (χ4v) is 3.20. The molecule has 0 saturated carbocycles. The van der Waals surface area contributed by atoms with E-state index in [0.717, 1.165) is 40.1 Å². The van der Waals surface area contributed by atoms with Crippen molar-refractivity contribution < 1.29 is 14.6 Å². The van der Waals surface area contributed by atoms with Crippen molar-refractivity contribution in [3.63, 3.8) is 0 Å². The lowest BCUT2D eigenvalue weighted by atomic mass is 9.99. The van der Waals surface area contributed by atoms with Gasteiger partial charge in [0.25, 0.3) is 0 Å². The average molecular weight is 349 g/mol. The molecule has 0 radical (unpaired) electrons. The third kappa shape index (κ3) is 3.06. The Hall–Kier alpha value is -1.52. The summed E-state index contributed by atoms with van der Waals surface area (Å²) in [6.45, 7) is 0.720. The minimum atomic E-state index is -0.557. The predicted molar refractivity (Wildman–Crippen MR) is 85.0 cm³/mol. The Morgan fingerprint density at radius 3 is 2.76 bits per heavy atom. The molecule has 3 rings (SSSR count). The zero-order valence-corrected chi connectivity index (χ0v) is 13.4. The van der Waals surface area contributed by atoms with E-state index < -0.39 is 6.10 Å². The highest BCUT2D eigenvalue weighted by Gasteiger charge is 2.20. The van der Waals surface area contributed by atoms with Crippen LogP contribution in [0.2, 0.25) is 0 Å².